The zero-order valence-corrected chi connectivity index (χ0v) is 9.87. The molecule has 2 rings (SSSR count). The molecule has 0 radical (unpaired) electrons. The lowest BCUT2D eigenvalue weighted by molar-refractivity contribution is 0.452. The van der Waals surface area contributed by atoms with Gasteiger partial charge in [0.2, 0.25) is 0 Å². The van der Waals surface area contributed by atoms with Crippen molar-refractivity contribution >= 4 is 16.5 Å². The number of phenolic OH excluding ortho intramolecular Hbond substituents is 2. The highest BCUT2D eigenvalue weighted by Gasteiger charge is 2.09. The maximum atomic E-state index is 9.70. The van der Waals surface area contributed by atoms with Crippen LogP contribution in [0.15, 0.2) is 36.2 Å². The van der Waals surface area contributed by atoms with E-state index < -0.39 is 0 Å². The first-order valence-electron chi connectivity index (χ1n) is 5.03. The van der Waals surface area contributed by atoms with Crippen molar-refractivity contribution in [2.75, 3.05) is 11.9 Å². The summed E-state index contributed by atoms with van der Waals surface area (Å²) >= 11 is 1.45. The Morgan fingerprint density at radius 3 is 2.94 bits per heavy atom. The first-order valence-corrected chi connectivity index (χ1v) is 5.91. The number of nitrogens with zero attached hydrogens (tertiary/aromatic N) is 1. The molecule has 1 aromatic carbocycles. The van der Waals surface area contributed by atoms with E-state index in [1.807, 2.05) is 5.38 Å². The van der Waals surface area contributed by atoms with E-state index in [1.165, 1.54) is 23.5 Å². The third kappa shape index (κ3) is 2.57. The number of benzene rings is 1. The van der Waals surface area contributed by atoms with Crippen molar-refractivity contribution in [1.29, 1.82) is 0 Å². The Labute approximate surface area is 103 Å². The topological polar surface area (TPSA) is 65.4 Å². The highest BCUT2D eigenvalue weighted by molar-refractivity contribution is 7.14. The molecule has 0 unspecified atom stereocenters. The molecule has 0 fully saturated rings. The van der Waals surface area contributed by atoms with E-state index in [4.69, 9.17) is 0 Å². The summed E-state index contributed by atoms with van der Waals surface area (Å²) in [5.41, 5.74) is 1.28. The molecular formula is C12H12N2O2S. The Hall–Kier alpha value is -2.01. The number of aromatic hydroxyl groups is 2. The van der Waals surface area contributed by atoms with Crippen LogP contribution in [0.2, 0.25) is 0 Å². The molecule has 0 saturated heterocycles. The average molecular weight is 248 g/mol. The standard InChI is InChI=1S/C12H12N2O2S/c1-2-5-13-12-14-10(7-17-12)9-4-3-8(15)6-11(9)16/h2-4,6-7,15-16H,1,5H2,(H,13,14). The summed E-state index contributed by atoms with van der Waals surface area (Å²) in [6.45, 7) is 4.26. The van der Waals surface area contributed by atoms with Gasteiger partial charge in [-0.15, -0.1) is 17.9 Å². The van der Waals surface area contributed by atoms with Crippen LogP contribution in [0.3, 0.4) is 0 Å². The largest absolute Gasteiger partial charge is 0.508 e. The SMILES string of the molecule is C=CCNc1nc(-c2ccc(O)cc2O)cs1. The van der Waals surface area contributed by atoms with Crippen molar-refractivity contribution in [2.45, 2.75) is 0 Å². The number of thiazole rings is 1. The van der Waals surface area contributed by atoms with Crippen LogP contribution in [0.4, 0.5) is 5.13 Å². The smallest absolute Gasteiger partial charge is 0.183 e. The first-order chi connectivity index (χ1) is 8.20. The molecule has 1 heterocycles. The zero-order chi connectivity index (χ0) is 12.3. The van der Waals surface area contributed by atoms with Crippen molar-refractivity contribution in [2.24, 2.45) is 0 Å². The van der Waals surface area contributed by atoms with Crippen molar-refractivity contribution < 1.29 is 10.2 Å². The lowest BCUT2D eigenvalue weighted by Gasteiger charge is -2.01. The summed E-state index contributed by atoms with van der Waals surface area (Å²) in [6.07, 6.45) is 1.75. The van der Waals surface area contributed by atoms with Crippen molar-refractivity contribution in [1.82, 2.24) is 4.98 Å². The Morgan fingerprint density at radius 1 is 1.41 bits per heavy atom. The summed E-state index contributed by atoms with van der Waals surface area (Å²) in [6, 6.07) is 4.45. The molecule has 0 aliphatic heterocycles. The number of nitrogens with one attached hydrogen (secondary N) is 1. The van der Waals surface area contributed by atoms with Gasteiger partial charge in [0, 0.05) is 23.6 Å². The van der Waals surface area contributed by atoms with Crippen LogP contribution in [0.25, 0.3) is 11.3 Å². The number of anilines is 1. The van der Waals surface area contributed by atoms with Gasteiger partial charge in [-0.2, -0.15) is 0 Å². The molecule has 17 heavy (non-hydrogen) atoms. The average Bonchev–Trinajstić information content (AvgIpc) is 2.75. The highest BCUT2D eigenvalue weighted by Crippen LogP contribution is 2.33. The van der Waals surface area contributed by atoms with Gasteiger partial charge in [0.05, 0.1) is 5.69 Å². The van der Waals surface area contributed by atoms with Gasteiger partial charge in [0.25, 0.3) is 0 Å². The number of phenols is 2. The first kappa shape index (κ1) is 11.5. The third-order valence-electron chi connectivity index (χ3n) is 2.16. The minimum absolute atomic E-state index is 0.0190. The molecule has 1 aromatic heterocycles. The van der Waals surface area contributed by atoms with E-state index in [2.05, 4.69) is 16.9 Å². The van der Waals surface area contributed by atoms with Gasteiger partial charge in [-0.05, 0) is 12.1 Å². The molecule has 3 N–H and O–H groups in total. The van der Waals surface area contributed by atoms with Crippen LogP contribution in [0.1, 0.15) is 0 Å². The maximum absolute atomic E-state index is 9.70. The Morgan fingerprint density at radius 2 is 2.24 bits per heavy atom. The number of hydrogen-bond donors (Lipinski definition) is 3. The lowest BCUT2D eigenvalue weighted by atomic mass is 10.1. The second kappa shape index (κ2) is 4.88. The Balaban J connectivity index is 2.27. The summed E-state index contributed by atoms with van der Waals surface area (Å²) in [5, 5.41) is 24.6. The maximum Gasteiger partial charge on any atom is 0.183 e. The molecule has 0 atom stereocenters. The van der Waals surface area contributed by atoms with Crippen LogP contribution in [-0.2, 0) is 0 Å². The molecular weight excluding hydrogens is 236 g/mol. The van der Waals surface area contributed by atoms with Gasteiger partial charge >= 0.3 is 0 Å². The fourth-order valence-corrected chi connectivity index (χ4v) is 2.10. The van der Waals surface area contributed by atoms with Crippen LogP contribution in [0, 0.1) is 0 Å². The minimum atomic E-state index is 0.0190. The second-order valence-electron chi connectivity index (χ2n) is 3.41. The third-order valence-corrected chi connectivity index (χ3v) is 2.96. The van der Waals surface area contributed by atoms with Crippen molar-refractivity contribution in [3.8, 4) is 22.8 Å². The van der Waals surface area contributed by atoms with Crippen LogP contribution >= 0.6 is 11.3 Å². The van der Waals surface area contributed by atoms with Gasteiger partial charge < -0.3 is 15.5 Å². The Bertz CT molecular complexity index is 537. The predicted octanol–water partition coefficient (Wildman–Crippen LogP) is 2.82. The summed E-state index contributed by atoms with van der Waals surface area (Å²) in [4.78, 5) is 4.33. The molecule has 0 bridgehead atoms. The molecule has 0 spiro atoms. The van der Waals surface area contributed by atoms with Crippen LogP contribution in [-0.4, -0.2) is 21.7 Å². The number of rotatable bonds is 4. The van der Waals surface area contributed by atoms with Crippen LogP contribution in [0.5, 0.6) is 11.5 Å². The van der Waals surface area contributed by atoms with Gasteiger partial charge in [-0.1, -0.05) is 6.08 Å². The van der Waals surface area contributed by atoms with Gasteiger partial charge in [0.15, 0.2) is 5.13 Å². The van der Waals surface area contributed by atoms with Gasteiger partial charge in [-0.3, -0.25) is 0 Å². The normalized spacial score (nSPS) is 10.1. The number of aromatic nitrogens is 1. The number of hydrogen-bond acceptors (Lipinski definition) is 5. The molecule has 4 nitrogen and oxygen atoms in total. The molecule has 0 aliphatic carbocycles. The van der Waals surface area contributed by atoms with E-state index in [0.717, 1.165) is 5.13 Å². The van der Waals surface area contributed by atoms with E-state index in [1.54, 1.807) is 12.1 Å². The predicted molar refractivity (Wildman–Crippen MR) is 69.6 cm³/mol. The molecule has 0 aliphatic rings. The van der Waals surface area contributed by atoms with Crippen molar-refractivity contribution in [3.05, 3.63) is 36.2 Å². The molecule has 0 amide bonds. The fourth-order valence-electron chi connectivity index (χ4n) is 1.37. The molecule has 88 valence electrons. The van der Waals surface area contributed by atoms with Gasteiger partial charge in [-0.25, -0.2) is 4.98 Å². The zero-order valence-electron chi connectivity index (χ0n) is 9.05. The quantitative estimate of drug-likeness (QED) is 0.728. The van der Waals surface area contributed by atoms with E-state index in [-0.39, 0.29) is 11.5 Å². The summed E-state index contributed by atoms with van der Waals surface area (Å²) < 4.78 is 0. The van der Waals surface area contributed by atoms with E-state index in [0.29, 0.717) is 17.8 Å². The molecule has 5 heteroatoms. The summed E-state index contributed by atoms with van der Waals surface area (Å²) in [5.74, 6) is 0.0528. The second-order valence-corrected chi connectivity index (χ2v) is 4.27. The highest BCUT2D eigenvalue weighted by atomic mass is 32.1. The molecule has 2 aromatic rings. The van der Waals surface area contributed by atoms with E-state index in [9.17, 15) is 10.2 Å². The Kier molecular flexibility index (Phi) is 3.30. The lowest BCUT2D eigenvalue weighted by Crippen LogP contribution is -1.96. The van der Waals surface area contributed by atoms with Gasteiger partial charge in [0.1, 0.15) is 11.5 Å². The molecule has 0 saturated carbocycles. The van der Waals surface area contributed by atoms with Crippen molar-refractivity contribution in [3.63, 3.8) is 0 Å². The summed E-state index contributed by atoms with van der Waals surface area (Å²) in [7, 11) is 0. The van der Waals surface area contributed by atoms with E-state index >= 15 is 0 Å². The fraction of sp³-hybridized carbons (Fsp3) is 0.0833. The monoisotopic (exact) mass is 248 g/mol. The van der Waals surface area contributed by atoms with Crippen LogP contribution < -0.4 is 5.32 Å². The minimum Gasteiger partial charge on any atom is -0.508 e.